The van der Waals surface area contributed by atoms with Gasteiger partial charge in [-0.1, -0.05) is 36.4 Å². The van der Waals surface area contributed by atoms with E-state index in [0.717, 1.165) is 12.8 Å². The molecule has 0 bridgehead atoms. The lowest BCUT2D eigenvalue weighted by Gasteiger charge is -2.16. The van der Waals surface area contributed by atoms with Gasteiger partial charge < -0.3 is 5.32 Å². The topological polar surface area (TPSA) is 29.1 Å². The normalized spacial score (nSPS) is 12.0. The van der Waals surface area contributed by atoms with Gasteiger partial charge in [0.1, 0.15) is 0 Å². The van der Waals surface area contributed by atoms with Crippen molar-refractivity contribution < 1.29 is 4.79 Å². The van der Waals surface area contributed by atoms with Crippen molar-refractivity contribution in [1.29, 1.82) is 0 Å². The first-order valence-corrected chi connectivity index (χ1v) is 9.90. The maximum absolute atomic E-state index is 12.3. The molecule has 0 unspecified atom stereocenters. The third-order valence-corrected chi connectivity index (χ3v) is 6.07. The molecule has 1 N–H and O–H groups in total. The summed E-state index contributed by atoms with van der Waals surface area (Å²) in [6, 6.07) is 12.8. The summed E-state index contributed by atoms with van der Waals surface area (Å²) in [5.74, 6) is 0.587. The van der Waals surface area contributed by atoms with Gasteiger partial charge in [0.25, 0.3) is 0 Å². The summed E-state index contributed by atoms with van der Waals surface area (Å²) < 4.78 is 0. The number of benzene rings is 2. The molecule has 0 saturated carbocycles. The number of hydrogen-bond donors (Lipinski definition) is 1. The Bertz CT molecular complexity index is 698. The van der Waals surface area contributed by atoms with Crippen LogP contribution in [0.4, 0.5) is 0 Å². The maximum atomic E-state index is 12.3. The molecule has 0 saturated heterocycles. The summed E-state index contributed by atoms with van der Waals surface area (Å²) in [6.45, 7) is 10.6. The van der Waals surface area contributed by atoms with Crippen LogP contribution >= 0.6 is 11.8 Å². The van der Waals surface area contributed by atoms with E-state index in [4.69, 9.17) is 0 Å². The van der Waals surface area contributed by atoms with E-state index in [0.29, 0.717) is 5.75 Å². The second-order valence-electron chi connectivity index (χ2n) is 6.87. The van der Waals surface area contributed by atoms with Gasteiger partial charge >= 0.3 is 0 Å². The Morgan fingerprint density at radius 2 is 1.64 bits per heavy atom. The molecule has 0 aromatic heterocycles. The lowest BCUT2D eigenvalue weighted by molar-refractivity contribution is -0.119. The van der Waals surface area contributed by atoms with Crippen LogP contribution in [0.5, 0.6) is 0 Å². The van der Waals surface area contributed by atoms with Crippen LogP contribution < -0.4 is 5.32 Å². The van der Waals surface area contributed by atoms with Gasteiger partial charge in [0.2, 0.25) is 5.91 Å². The minimum Gasteiger partial charge on any atom is -0.353 e. The van der Waals surface area contributed by atoms with E-state index in [2.05, 4.69) is 70.3 Å². The number of amides is 1. The molecule has 0 spiro atoms. The molecule has 0 fully saturated rings. The highest BCUT2D eigenvalue weighted by Gasteiger charge is 2.12. The molecule has 2 aromatic rings. The van der Waals surface area contributed by atoms with E-state index >= 15 is 0 Å². The minimum absolute atomic E-state index is 0.114. The monoisotopic (exact) mass is 355 g/mol. The van der Waals surface area contributed by atoms with E-state index in [-0.39, 0.29) is 11.9 Å². The Kier molecular flexibility index (Phi) is 7.12. The predicted molar refractivity (Wildman–Crippen MR) is 108 cm³/mol. The highest BCUT2D eigenvalue weighted by Crippen LogP contribution is 2.30. The van der Waals surface area contributed by atoms with E-state index < -0.39 is 0 Å². The standard InChI is InChI=1S/C22H29NOS/c1-15-13-16(2)19(5)22(18(15)4)25-14-21(24)23-17(3)11-12-20-9-7-6-8-10-20/h6-10,13,17H,11-12,14H2,1-5H3,(H,23,24)/t17-/m0/s1. The van der Waals surface area contributed by atoms with Crippen molar-refractivity contribution in [3.63, 3.8) is 0 Å². The number of carbonyl (C=O) groups excluding carboxylic acids is 1. The molecule has 0 radical (unpaired) electrons. The summed E-state index contributed by atoms with van der Waals surface area (Å²) in [5, 5.41) is 3.13. The molecule has 1 atom stereocenters. The molecule has 3 heteroatoms. The zero-order valence-corrected chi connectivity index (χ0v) is 16.8. The number of hydrogen-bond acceptors (Lipinski definition) is 2. The maximum Gasteiger partial charge on any atom is 0.230 e. The van der Waals surface area contributed by atoms with Gasteiger partial charge in [0.15, 0.2) is 0 Å². The zero-order chi connectivity index (χ0) is 18.4. The summed E-state index contributed by atoms with van der Waals surface area (Å²) in [4.78, 5) is 13.6. The second-order valence-corrected chi connectivity index (χ2v) is 7.86. The van der Waals surface area contributed by atoms with Crippen molar-refractivity contribution in [3.05, 3.63) is 64.2 Å². The first-order chi connectivity index (χ1) is 11.9. The Morgan fingerprint density at radius 1 is 1.04 bits per heavy atom. The molecule has 2 rings (SSSR count). The molecule has 0 heterocycles. The average Bonchev–Trinajstić information content (AvgIpc) is 2.59. The lowest BCUT2D eigenvalue weighted by atomic mass is 10.0. The fourth-order valence-corrected chi connectivity index (χ4v) is 4.07. The summed E-state index contributed by atoms with van der Waals surface area (Å²) in [6.07, 6.45) is 1.95. The Hall–Kier alpha value is -1.74. The second kappa shape index (κ2) is 9.10. The SMILES string of the molecule is Cc1cc(C)c(C)c(SCC(=O)N[C@@H](C)CCc2ccccc2)c1C. The van der Waals surface area contributed by atoms with Gasteiger partial charge in [-0.25, -0.2) is 0 Å². The predicted octanol–water partition coefficient (Wildman–Crippen LogP) is 5.15. The number of nitrogens with one attached hydrogen (secondary N) is 1. The van der Waals surface area contributed by atoms with Crippen LogP contribution in [-0.4, -0.2) is 17.7 Å². The van der Waals surface area contributed by atoms with Gasteiger partial charge in [-0.05, 0) is 75.3 Å². The van der Waals surface area contributed by atoms with Crippen LogP contribution in [-0.2, 0) is 11.2 Å². The highest BCUT2D eigenvalue weighted by molar-refractivity contribution is 8.00. The van der Waals surface area contributed by atoms with Crippen molar-refractivity contribution >= 4 is 17.7 Å². The van der Waals surface area contributed by atoms with E-state index in [1.54, 1.807) is 11.8 Å². The molecule has 0 aliphatic heterocycles. The lowest BCUT2D eigenvalue weighted by Crippen LogP contribution is -2.34. The van der Waals surface area contributed by atoms with Crippen molar-refractivity contribution in [2.45, 2.75) is 58.4 Å². The van der Waals surface area contributed by atoms with E-state index in [1.807, 2.05) is 6.07 Å². The average molecular weight is 356 g/mol. The van der Waals surface area contributed by atoms with Crippen LogP contribution in [0.1, 0.15) is 41.2 Å². The van der Waals surface area contributed by atoms with Crippen LogP contribution in [0, 0.1) is 27.7 Å². The van der Waals surface area contributed by atoms with Crippen LogP contribution in [0.15, 0.2) is 41.3 Å². The third kappa shape index (κ3) is 5.64. The molecule has 2 nitrogen and oxygen atoms in total. The van der Waals surface area contributed by atoms with Crippen molar-refractivity contribution in [3.8, 4) is 0 Å². The van der Waals surface area contributed by atoms with Crippen molar-refractivity contribution in [1.82, 2.24) is 5.32 Å². The Balaban J connectivity index is 1.85. The molecule has 0 aliphatic rings. The summed E-state index contributed by atoms with van der Waals surface area (Å²) in [7, 11) is 0. The first-order valence-electron chi connectivity index (χ1n) is 8.92. The summed E-state index contributed by atoms with van der Waals surface area (Å²) >= 11 is 1.65. The van der Waals surface area contributed by atoms with E-state index in [9.17, 15) is 4.79 Å². The van der Waals surface area contributed by atoms with Gasteiger partial charge in [-0.2, -0.15) is 0 Å². The molecule has 1 amide bonds. The van der Waals surface area contributed by atoms with Crippen LogP contribution in [0.3, 0.4) is 0 Å². The zero-order valence-electron chi connectivity index (χ0n) is 16.0. The molecule has 25 heavy (non-hydrogen) atoms. The third-order valence-electron chi connectivity index (χ3n) is 4.76. The van der Waals surface area contributed by atoms with Crippen molar-refractivity contribution in [2.75, 3.05) is 5.75 Å². The first kappa shape index (κ1) is 19.6. The quantitative estimate of drug-likeness (QED) is 0.696. The Morgan fingerprint density at radius 3 is 2.24 bits per heavy atom. The number of rotatable bonds is 7. The van der Waals surface area contributed by atoms with Gasteiger partial charge in [-0.15, -0.1) is 11.8 Å². The van der Waals surface area contributed by atoms with Gasteiger partial charge in [0, 0.05) is 10.9 Å². The van der Waals surface area contributed by atoms with Gasteiger partial charge in [0.05, 0.1) is 5.75 Å². The number of carbonyl (C=O) groups is 1. The largest absolute Gasteiger partial charge is 0.353 e. The molecular weight excluding hydrogens is 326 g/mol. The van der Waals surface area contributed by atoms with Crippen LogP contribution in [0.2, 0.25) is 0 Å². The Labute approximate surface area is 156 Å². The highest BCUT2D eigenvalue weighted by atomic mass is 32.2. The molecule has 134 valence electrons. The number of aryl methyl sites for hydroxylation is 3. The van der Waals surface area contributed by atoms with Gasteiger partial charge in [-0.3, -0.25) is 4.79 Å². The minimum atomic E-state index is 0.114. The molecule has 2 aromatic carbocycles. The fraction of sp³-hybridized carbons (Fsp3) is 0.409. The number of thioether (sulfide) groups is 1. The fourth-order valence-electron chi connectivity index (χ4n) is 2.95. The molecule has 0 aliphatic carbocycles. The molecular formula is C22H29NOS. The smallest absolute Gasteiger partial charge is 0.230 e. The van der Waals surface area contributed by atoms with Crippen LogP contribution in [0.25, 0.3) is 0 Å². The summed E-state index contributed by atoms with van der Waals surface area (Å²) in [5.41, 5.74) is 6.49. The van der Waals surface area contributed by atoms with E-state index in [1.165, 1.54) is 32.7 Å². The van der Waals surface area contributed by atoms with Crippen molar-refractivity contribution in [2.24, 2.45) is 0 Å².